The average Bonchev–Trinajstić information content (AvgIpc) is 3.34. The van der Waals surface area contributed by atoms with Crippen LogP contribution in [-0.4, -0.2) is 68.4 Å². The molecule has 10 nitrogen and oxygen atoms in total. The molecule has 0 amide bonds. The molecule has 1 aromatic heterocycles. The summed E-state index contributed by atoms with van der Waals surface area (Å²) in [5.41, 5.74) is 1.25. The van der Waals surface area contributed by atoms with E-state index in [9.17, 15) is 13.2 Å². The number of unbranched alkanes of at least 4 members (excludes halogenated alkanes) is 1. The summed E-state index contributed by atoms with van der Waals surface area (Å²) in [5.74, 6) is 0.797. The molecule has 0 N–H and O–H groups in total. The largest absolute Gasteiger partial charge is 0.487 e. The van der Waals surface area contributed by atoms with E-state index in [1.807, 2.05) is 34.6 Å². The number of hydrogen-bond donors (Lipinski definition) is 0. The molecule has 0 fully saturated rings. The normalized spacial score (nSPS) is 11.2. The smallest absolute Gasteiger partial charge is 0.234 e. The first-order chi connectivity index (χ1) is 17.2. The van der Waals surface area contributed by atoms with E-state index in [0.29, 0.717) is 49.9 Å². The van der Waals surface area contributed by atoms with Crippen LogP contribution in [0.4, 0.5) is 5.69 Å². The predicted octanol–water partition coefficient (Wildman–Crippen LogP) is 3.71. The lowest BCUT2D eigenvalue weighted by atomic mass is 10.1. The lowest BCUT2D eigenvalue weighted by Crippen LogP contribution is -2.28. The number of nitrogens with zero attached hydrogens (tertiary/aromatic N) is 4. The van der Waals surface area contributed by atoms with Crippen molar-refractivity contribution in [2.45, 2.75) is 60.6 Å². The second-order valence-corrected chi connectivity index (χ2v) is 10.3. The van der Waals surface area contributed by atoms with E-state index in [0.717, 1.165) is 6.42 Å². The summed E-state index contributed by atoms with van der Waals surface area (Å²) in [6.45, 7) is 11.8. The van der Waals surface area contributed by atoms with Crippen LogP contribution in [-0.2, 0) is 37.4 Å². The van der Waals surface area contributed by atoms with Crippen molar-refractivity contribution < 1.29 is 27.4 Å². The van der Waals surface area contributed by atoms with E-state index in [4.69, 9.17) is 14.2 Å². The van der Waals surface area contributed by atoms with E-state index in [1.165, 1.54) is 4.31 Å². The van der Waals surface area contributed by atoms with E-state index in [-0.39, 0.29) is 30.7 Å². The number of hydrogen-bond acceptors (Lipinski definition) is 8. The predicted molar refractivity (Wildman–Crippen MR) is 141 cm³/mol. The molecular formula is C25H42N4O6S. The van der Waals surface area contributed by atoms with Crippen molar-refractivity contribution >= 4 is 21.5 Å². The summed E-state index contributed by atoms with van der Waals surface area (Å²) in [7, 11) is -1.76. The Kier molecular flexibility index (Phi) is 14.9. The minimum absolute atomic E-state index is 0.0217. The zero-order valence-electron chi connectivity index (χ0n) is 22.5. The zero-order valence-corrected chi connectivity index (χ0v) is 23.3. The summed E-state index contributed by atoms with van der Waals surface area (Å²) in [4.78, 5) is 11.5. The zero-order chi connectivity index (χ0) is 27.0. The SMILES string of the molecule is CC.CCCCS(=O)(=O)N(C)c1ccc(OCc2cn(CCOCCOCC(=O)C(C)C)nn2)cc1. The highest BCUT2D eigenvalue weighted by molar-refractivity contribution is 7.92. The van der Waals surface area contributed by atoms with Crippen LogP contribution in [0.25, 0.3) is 0 Å². The molecule has 2 aromatic rings. The van der Waals surface area contributed by atoms with Crippen LogP contribution >= 0.6 is 0 Å². The van der Waals surface area contributed by atoms with Gasteiger partial charge in [0.25, 0.3) is 0 Å². The molecule has 0 atom stereocenters. The van der Waals surface area contributed by atoms with E-state index in [2.05, 4.69) is 10.3 Å². The summed E-state index contributed by atoms with van der Waals surface area (Å²) < 4.78 is 44.1. The average molecular weight is 527 g/mol. The fourth-order valence-electron chi connectivity index (χ4n) is 2.77. The van der Waals surface area contributed by atoms with Crippen molar-refractivity contribution in [2.75, 3.05) is 43.5 Å². The highest BCUT2D eigenvalue weighted by Crippen LogP contribution is 2.22. The Balaban J connectivity index is 0.00000316. The minimum atomic E-state index is -3.32. The molecule has 11 heteroatoms. The van der Waals surface area contributed by atoms with Gasteiger partial charge in [-0.3, -0.25) is 9.10 Å². The van der Waals surface area contributed by atoms with Crippen LogP contribution in [0.3, 0.4) is 0 Å². The maximum atomic E-state index is 12.3. The van der Waals surface area contributed by atoms with Crippen LogP contribution in [0.15, 0.2) is 30.5 Å². The number of ketones is 1. The number of sulfonamides is 1. The second-order valence-electron chi connectivity index (χ2n) is 8.18. The fourth-order valence-corrected chi connectivity index (χ4v) is 4.14. The molecular weight excluding hydrogens is 484 g/mol. The molecule has 0 aliphatic carbocycles. The summed E-state index contributed by atoms with van der Waals surface area (Å²) in [5, 5.41) is 8.14. The number of anilines is 1. The van der Waals surface area contributed by atoms with Gasteiger partial charge in [-0.15, -0.1) is 5.10 Å². The number of carbonyl (C=O) groups excluding carboxylic acids is 1. The maximum absolute atomic E-state index is 12.3. The molecule has 0 radical (unpaired) electrons. The van der Waals surface area contributed by atoms with Gasteiger partial charge in [-0.25, -0.2) is 13.1 Å². The first-order valence-electron chi connectivity index (χ1n) is 12.5. The maximum Gasteiger partial charge on any atom is 0.234 e. The van der Waals surface area contributed by atoms with Crippen LogP contribution in [0.1, 0.15) is 53.2 Å². The standard InChI is InChI=1S/C23H36N4O6S.C2H6/c1-5-6-15-34(29,30)26(4)21-7-9-22(10-8-21)33-17-20-16-27(25-24-20)11-12-31-13-14-32-18-23(28)19(2)3;1-2/h7-10,16,19H,5-6,11-15,17-18H2,1-4H3;1-2H3. The molecule has 0 saturated carbocycles. The minimum Gasteiger partial charge on any atom is -0.487 e. The highest BCUT2D eigenvalue weighted by Gasteiger charge is 2.17. The van der Waals surface area contributed by atoms with E-state index < -0.39 is 10.0 Å². The molecule has 1 aromatic carbocycles. The quantitative estimate of drug-likeness (QED) is 0.287. The van der Waals surface area contributed by atoms with Gasteiger partial charge in [0, 0.05) is 13.0 Å². The van der Waals surface area contributed by atoms with Crippen molar-refractivity contribution in [2.24, 2.45) is 5.92 Å². The van der Waals surface area contributed by atoms with Crippen molar-refractivity contribution in [1.82, 2.24) is 15.0 Å². The number of carbonyl (C=O) groups is 1. The van der Waals surface area contributed by atoms with Gasteiger partial charge < -0.3 is 14.2 Å². The van der Waals surface area contributed by atoms with Crippen molar-refractivity contribution in [1.29, 1.82) is 0 Å². The lowest BCUT2D eigenvalue weighted by molar-refractivity contribution is -0.127. The number of rotatable bonds is 17. The van der Waals surface area contributed by atoms with Crippen molar-refractivity contribution in [3.63, 3.8) is 0 Å². The third-order valence-corrected chi connectivity index (χ3v) is 6.92. The van der Waals surface area contributed by atoms with Gasteiger partial charge in [0.2, 0.25) is 10.0 Å². The van der Waals surface area contributed by atoms with Crippen molar-refractivity contribution in [3.05, 3.63) is 36.2 Å². The molecule has 204 valence electrons. The van der Waals surface area contributed by atoms with Gasteiger partial charge >= 0.3 is 0 Å². The van der Waals surface area contributed by atoms with Gasteiger partial charge in [0.1, 0.15) is 24.7 Å². The molecule has 0 saturated heterocycles. The van der Waals surface area contributed by atoms with Crippen LogP contribution in [0.5, 0.6) is 5.75 Å². The first-order valence-corrected chi connectivity index (χ1v) is 14.1. The molecule has 0 aliphatic heterocycles. The Labute approximate surface area is 216 Å². The van der Waals surface area contributed by atoms with Gasteiger partial charge in [-0.05, 0) is 30.7 Å². The Morgan fingerprint density at radius 3 is 2.39 bits per heavy atom. The van der Waals surface area contributed by atoms with E-state index >= 15 is 0 Å². The molecule has 0 aliphatic rings. The molecule has 1 heterocycles. The molecule has 36 heavy (non-hydrogen) atoms. The first kappa shape index (κ1) is 31.5. The summed E-state index contributed by atoms with van der Waals surface area (Å²) in [6.07, 6.45) is 3.24. The van der Waals surface area contributed by atoms with Gasteiger partial charge in [0.05, 0.1) is 44.0 Å². The summed E-state index contributed by atoms with van der Waals surface area (Å²) in [6, 6.07) is 6.90. The fraction of sp³-hybridized carbons (Fsp3) is 0.640. The Morgan fingerprint density at radius 1 is 1.08 bits per heavy atom. The third-order valence-electron chi connectivity index (χ3n) is 5.07. The highest BCUT2D eigenvalue weighted by atomic mass is 32.2. The lowest BCUT2D eigenvalue weighted by Gasteiger charge is -2.19. The van der Waals surface area contributed by atoms with Gasteiger partial charge in [0.15, 0.2) is 5.78 Å². The van der Waals surface area contributed by atoms with Crippen LogP contribution in [0, 0.1) is 5.92 Å². The number of ether oxygens (including phenoxy) is 3. The third kappa shape index (κ3) is 11.5. The van der Waals surface area contributed by atoms with E-state index in [1.54, 1.807) is 42.2 Å². The Hall–Kier alpha value is -2.50. The Bertz CT molecular complexity index is 977. The number of aromatic nitrogens is 3. The molecule has 0 bridgehead atoms. The number of Topliss-reactive ketones (excluding diaryl/α,β-unsaturated/α-hetero) is 1. The molecule has 0 unspecified atom stereocenters. The van der Waals surface area contributed by atoms with Crippen LogP contribution in [0.2, 0.25) is 0 Å². The van der Waals surface area contributed by atoms with Crippen molar-refractivity contribution in [3.8, 4) is 5.75 Å². The van der Waals surface area contributed by atoms with Crippen LogP contribution < -0.4 is 9.04 Å². The second kappa shape index (κ2) is 17.0. The van der Waals surface area contributed by atoms with Gasteiger partial charge in [-0.2, -0.15) is 0 Å². The van der Waals surface area contributed by atoms with Gasteiger partial charge in [-0.1, -0.05) is 46.3 Å². The summed E-state index contributed by atoms with van der Waals surface area (Å²) >= 11 is 0. The molecule has 0 spiro atoms. The molecule has 2 rings (SSSR count). The topological polar surface area (TPSA) is 113 Å². The monoisotopic (exact) mass is 526 g/mol. The number of benzene rings is 1. The Morgan fingerprint density at radius 2 is 1.75 bits per heavy atom.